The fraction of sp³-hybridized carbons (Fsp3) is 0.103. The van der Waals surface area contributed by atoms with Crippen LogP contribution in [0.4, 0.5) is 34.1 Å². The Kier molecular flexibility index (Phi) is 9.19. The lowest BCUT2D eigenvalue weighted by molar-refractivity contribution is 0.663. The average Bonchev–Trinajstić information content (AvgIpc) is 3.88. The molecule has 0 saturated carbocycles. The van der Waals surface area contributed by atoms with Crippen LogP contribution in [0.5, 0.6) is 0 Å². The van der Waals surface area contributed by atoms with Crippen molar-refractivity contribution in [2.45, 2.75) is 39.5 Å². The molecule has 0 spiro atoms. The SMILES string of the molecule is CC(C)c1ccc(N(c2ccc(C#N)cc2)c2ccc3cc4c(cc3c2)oc2c4ccc3oc4cc5cc(N(c6ccc(C#N)cc6)c6ccc(C(C)C)cc6)ccc5cc4c32)cc1. The lowest BCUT2D eigenvalue weighted by atomic mass is 10.0. The molecule has 306 valence electrons. The maximum Gasteiger partial charge on any atom is 0.147 e. The van der Waals surface area contributed by atoms with E-state index in [1.807, 2.05) is 48.5 Å². The summed E-state index contributed by atoms with van der Waals surface area (Å²) in [5, 5.41) is 27.4. The Morgan fingerprint density at radius 1 is 0.375 bits per heavy atom. The quantitative estimate of drug-likeness (QED) is 0.152. The van der Waals surface area contributed by atoms with Gasteiger partial charge in [-0.05, 0) is 178 Å². The van der Waals surface area contributed by atoms with Crippen molar-refractivity contribution < 1.29 is 8.83 Å². The van der Waals surface area contributed by atoms with Gasteiger partial charge in [-0.25, -0.2) is 0 Å². The normalized spacial score (nSPS) is 11.7. The summed E-state index contributed by atoms with van der Waals surface area (Å²) in [6.45, 7) is 8.81. The summed E-state index contributed by atoms with van der Waals surface area (Å²) >= 11 is 0. The van der Waals surface area contributed by atoms with Gasteiger partial charge in [0.25, 0.3) is 0 Å². The number of hydrogen-bond acceptors (Lipinski definition) is 6. The van der Waals surface area contributed by atoms with Crippen molar-refractivity contribution in [3.8, 4) is 12.1 Å². The molecule has 11 aromatic rings. The summed E-state index contributed by atoms with van der Waals surface area (Å²) in [6.07, 6.45) is 0. The molecule has 0 aliphatic carbocycles. The smallest absolute Gasteiger partial charge is 0.147 e. The Bertz CT molecular complexity index is 3680. The predicted molar refractivity (Wildman–Crippen MR) is 263 cm³/mol. The Labute approximate surface area is 371 Å². The lowest BCUT2D eigenvalue weighted by Crippen LogP contribution is -2.10. The summed E-state index contributed by atoms with van der Waals surface area (Å²) in [7, 11) is 0. The van der Waals surface area contributed by atoms with Gasteiger partial charge >= 0.3 is 0 Å². The van der Waals surface area contributed by atoms with Crippen LogP contribution < -0.4 is 9.80 Å². The van der Waals surface area contributed by atoms with Crippen LogP contribution in [0.15, 0.2) is 179 Å². The first-order valence-electron chi connectivity index (χ1n) is 21.7. The summed E-state index contributed by atoms with van der Waals surface area (Å²) < 4.78 is 13.4. The Morgan fingerprint density at radius 2 is 0.797 bits per heavy atom. The molecule has 0 atom stereocenters. The van der Waals surface area contributed by atoms with Crippen LogP contribution in [0.25, 0.3) is 65.4 Å². The Hall–Kier alpha value is -8.32. The molecular weight excluding hydrogens is 785 g/mol. The van der Waals surface area contributed by atoms with E-state index in [2.05, 4.69) is 171 Å². The van der Waals surface area contributed by atoms with Gasteiger partial charge in [0.1, 0.15) is 22.3 Å². The summed E-state index contributed by atoms with van der Waals surface area (Å²) in [4.78, 5) is 4.46. The van der Waals surface area contributed by atoms with Crippen molar-refractivity contribution in [3.63, 3.8) is 0 Å². The average molecular weight is 827 g/mol. The molecule has 0 unspecified atom stereocenters. The number of anilines is 6. The zero-order chi connectivity index (χ0) is 43.6. The van der Waals surface area contributed by atoms with Crippen LogP contribution in [0.3, 0.4) is 0 Å². The van der Waals surface area contributed by atoms with Crippen LogP contribution in [-0.2, 0) is 0 Å². The highest BCUT2D eigenvalue weighted by Crippen LogP contribution is 2.44. The zero-order valence-corrected chi connectivity index (χ0v) is 35.9. The second kappa shape index (κ2) is 15.2. The van der Waals surface area contributed by atoms with Gasteiger partial charge in [0.15, 0.2) is 0 Å². The molecule has 0 amide bonds. The number of benzene rings is 9. The van der Waals surface area contributed by atoms with Gasteiger partial charge in [-0.3, -0.25) is 0 Å². The molecule has 6 heteroatoms. The van der Waals surface area contributed by atoms with E-state index in [9.17, 15) is 10.5 Å². The highest BCUT2D eigenvalue weighted by molar-refractivity contribution is 6.24. The van der Waals surface area contributed by atoms with Crippen molar-refractivity contribution in [2.24, 2.45) is 0 Å². The van der Waals surface area contributed by atoms with E-state index in [1.165, 1.54) is 11.1 Å². The third-order valence-corrected chi connectivity index (χ3v) is 12.6. The molecule has 0 aliphatic heterocycles. The van der Waals surface area contributed by atoms with Crippen LogP contribution in [0.1, 0.15) is 61.8 Å². The molecule has 0 bridgehead atoms. The van der Waals surface area contributed by atoms with Crippen LogP contribution in [0.2, 0.25) is 0 Å². The lowest BCUT2D eigenvalue weighted by Gasteiger charge is -2.26. The van der Waals surface area contributed by atoms with Crippen molar-refractivity contribution in [3.05, 3.63) is 192 Å². The third-order valence-electron chi connectivity index (χ3n) is 12.6. The largest absolute Gasteiger partial charge is 0.456 e. The second-order valence-electron chi connectivity index (χ2n) is 17.3. The Morgan fingerprint density at radius 3 is 1.25 bits per heavy atom. The Balaban J connectivity index is 1.01. The molecule has 2 aromatic heterocycles. The first-order chi connectivity index (χ1) is 31.2. The summed E-state index contributed by atoms with van der Waals surface area (Å²) in [5.74, 6) is 0.852. The van der Waals surface area contributed by atoms with E-state index >= 15 is 0 Å². The minimum absolute atomic E-state index is 0.426. The van der Waals surface area contributed by atoms with E-state index in [-0.39, 0.29) is 0 Å². The maximum absolute atomic E-state index is 9.52. The van der Waals surface area contributed by atoms with Crippen LogP contribution in [-0.4, -0.2) is 0 Å². The van der Waals surface area contributed by atoms with Crippen molar-refractivity contribution >= 4 is 99.5 Å². The maximum atomic E-state index is 9.52. The van der Waals surface area contributed by atoms with E-state index in [0.29, 0.717) is 23.0 Å². The zero-order valence-electron chi connectivity index (χ0n) is 35.9. The van der Waals surface area contributed by atoms with Crippen LogP contribution >= 0.6 is 0 Å². The topological polar surface area (TPSA) is 80.3 Å². The number of fused-ring (bicyclic) bond motifs is 9. The molecular formula is C58H42N4O2. The van der Waals surface area contributed by atoms with E-state index in [1.54, 1.807) is 0 Å². The fourth-order valence-electron chi connectivity index (χ4n) is 9.11. The fourth-order valence-corrected chi connectivity index (χ4v) is 9.11. The molecule has 2 heterocycles. The molecule has 11 rings (SSSR count). The molecule has 0 radical (unpaired) electrons. The molecule has 0 fully saturated rings. The van der Waals surface area contributed by atoms with E-state index < -0.39 is 0 Å². The molecule has 0 aliphatic rings. The predicted octanol–water partition coefficient (Wildman–Crippen LogP) is 16.7. The molecule has 0 saturated heterocycles. The van der Waals surface area contributed by atoms with Gasteiger partial charge in [-0.15, -0.1) is 0 Å². The highest BCUT2D eigenvalue weighted by Gasteiger charge is 2.20. The molecule has 64 heavy (non-hydrogen) atoms. The number of rotatable bonds is 8. The van der Waals surface area contributed by atoms with Gasteiger partial charge in [0, 0.05) is 50.3 Å². The van der Waals surface area contributed by atoms with Crippen LogP contribution in [0, 0.1) is 22.7 Å². The van der Waals surface area contributed by atoms with Gasteiger partial charge in [-0.1, -0.05) is 64.1 Å². The summed E-state index contributed by atoms with van der Waals surface area (Å²) in [5.41, 5.74) is 13.0. The number of furan rings is 2. The van der Waals surface area contributed by atoms with Crippen molar-refractivity contribution in [1.82, 2.24) is 0 Å². The number of nitriles is 2. The van der Waals surface area contributed by atoms with Gasteiger partial charge in [0.05, 0.1) is 28.7 Å². The van der Waals surface area contributed by atoms with Gasteiger partial charge in [0.2, 0.25) is 0 Å². The highest BCUT2D eigenvalue weighted by atomic mass is 16.3. The summed E-state index contributed by atoms with van der Waals surface area (Å²) in [6, 6.07) is 63.4. The van der Waals surface area contributed by atoms with Gasteiger partial charge in [-0.2, -0.15) is 10.5 Å². The van der Waals surface area contributed by atoms with E-state index in [0.717, 1.165) is 99.5 Å². The minimum Gasteiger partial charge on any atom is -0.456 e. The molecule has 6 nitrogen and oxygen atoms in total. The minimum atomic E-state index is 0.426. The van der Waals surface area contributed by atoms with Crippen molar-refractivity contribution in [2.75, 3.05) is 9.80 Å². The van der Waals surface area contributed by atoms with E-state index in [4.69, 9.17) is 8.83 Å². The van der Waals surface area contributed by atoms with Gasteiger partial charge < -0.3 is 18.6 Å². The number of nitrogens with zero attached hydrogens (tertiary/aromatic N) is 4. The van der Waals surface area contributed by atoms with Crippen molar-refractivity contribution in [1.29, 1.82) is 10.5 Å². The molecule has 0 N–H and O–H groups in total. The first-order valence-corrected chi connectivity index (χ1v) is 21.7. The first kappa shape index (κ1) is 38.6. The standard InChI is InChI=1S/C58H42N4O2/c1-35(2)39-9-19-47(20-10-39)61(45-15-5-37(33-59)6-16-45)49-23-13-41-29-52-51-25-26-54-57(58(51)64-55(52)31-43(41)27-49)53-30-42-14-24-50(28-44(42)32-56(53)63-54)62(46-17-7-38(34-60)8-18-46)48-21-11-40(12-22-48)36(3)4/h5-32,35-36H,1-4H3. The third kappa shape index (κ3) is 6.56. The monoisotopic (exact) mass is 826 g/mol. The number of hydrogen-bond donors (Lipinski definition) is 0. The molecule has 9 aromatic carbocycles. The second-order valence-corrected chi connectivity index (χ2v) is 17.3.